The first-order valence-corrected chi connectivity index (χ1v) is 9.43. The molecule has 0 saturated carbocycles. The molecular weight excluding hydrogens is 360 g/mol. The number of hydrogen-bond acceptors (Lipinski definition) is 6. The molecule has 0 radical (unpaired) electrons. The van der Waals surface area contributed by atoms with Crippen LogP contribution >= 0.6 is 0 Å². The highest BCUT2D eigenvalue weighted by molar-refractivity contribution is 7.89. The summed E-state index contributed by atoms with van der Waals surface area (Å²) in [5.74, 6) is 0.538. The van der Waals surface area contributed by atoms with Crippen molar-refractivity contribution in [3.63, 3.8) is 0 Å². The van der Waals surface area contributed by atoms with Crippen molar-refractivity contribution in [3.05, 3.63) is 58.1 Å². The van der Waals surface area contributed by atoms with Crippen molar-refractivity contribution in [3.8, 4) is 11.5 Å². The lowest BCUT2D eigenvalue weighted by atomic mass is 10.2. The van der Waals surface area contributed by atoms with E-state index < -0.39 is 14.9 Å². The standard InChI is InChI=1S/C17H18N2O6S/c1-13-4-2-3-5-15(13)25-16-7-6-14(19(20)21)12-17(16)26(22,23)18-8-10-24-11-9-18/h2-7,12H,8-11H2,1H3. The first-order valence-electron chi connectivity index (χ1n) is 7.99. The van der Waals surface area contributed by atoms with Gasteiger partial charge in [0, 0.05) is 25.2 Å². The number of non-ortho nitro benzene ring substituents is 1. The number of benzene rings is 2. The molecule has 138 valence electrons. The van der Waals surface area contributed by atoms with Crippen molar-refractivity contribution in [1.82, 2.24) is 4.31 Å². The smallest absolute Gasteiger partial charge is 0.271 e. The van der Waals surface area contributed by atoms with Gasteiger partial charge in [-0.3, -0.25) is 10.1 Å². The molecule has 3 rings (SSSR count). The number of rotatable bonds is 5. The van der Waals surface area contributed by atoms with Crippen LogP contribution in [0.3, 0.4) is 0 Å². The minimum atomic E-state index is -3.96. The number of morpholine rings is 1. The van der Waals surface area contributed by atoms with Gasteiger partial charge in [0.15, 0.2) is 0 Å². The lowest BCUT2D eigenvalue weighted by molar-refractivity contribution is -0.385. The summed E-state index contributed by atoms with van der Waals surface area (Å²) >= 11 is 0. The van der Waals surface area contributed by atoms with Crippen LogP contribution in [-0.4, -0.2) is 43.9 Å². The van der Waals surface area contributed by atoms with Gasteiger partial charge in [0.2, 0.25) is 10.0 Å². The second kappa shape index (κ2) is 7.40. The molecule has 26 heavy (non-hydrogen) atoms. The first kappa shape index (κ1) is 18.3. The van der Waals surface area contributed by atoms with Gasteiger partial charge in [0.25, 0.3) is 5.69 Å². The summed E-state index contributed by atoms with van der Waals surface area (Å²) in [5, 5.41) is 11.1. The fourth-order valence-corrected chi connectivity index (χ4v) is 4.15. The third-order valence-corrected chi connectivity index (χ3v) is 5.96. The zero-order valence-corrected chi connectivity index (χ0v) is 14.9. The van der Waals surface area contributed by atoms with Crippen LogP contribution in [0.2, 0.25) is 0 Å². The fraction of sp³-hybridized carbons (Fsp3) is 0.294. The highest BCUT2D eigenvalue weighted by Gasteiger charge is 2.31. The number of nitro groups is 1. The number of para-hydroxylation sites is 1. The average Bonchev–Trinajstić information content (AvgIpc) is 2.64. The van der Waals surface area contributed by atoms with Crippen LogP contribution in [0.25, 0.3) is 0 Å². The number of nitro benzene ring substituents is 1. The van der Waals surface area contributed by atoms with Crippen molar-refractivity contribution in [2.45, 2.75) is 11.8 Å². The lowest BCUT2D eigenvalue weighted by Crippen LogP contribution is -2.40. The van der Waals surface area contributed by atoms with Crippen LogP contribution in [0, 0.1) is 17.0 Å². The third kappa shape index (κ3) is 3.69. The van der Waals surface area contributed by atoms with Gasteiger partial charge in [-0.1, -0.05) is 18.2 Å². The van der Waals surface area contributed by atoms with E-state index >= 15 is 0 Å². The molecule has 1 saturated heterocycles. The monoisotopic (exact) mass is 378 g/mol. The van der Waals surface area contributed by atoms with E-state index in [1.165, 1.54) is 16.4 Å². The van der Waals surface area contributed by atoms with Gasteiger partial charge in [-0.25, -0.2) is 8.42 Å². The van der Waals surface area contributed by atoms with Gasteiger partial charge in [-0.2, -0.15) is 4.31 Å². The summed E-state index contributed by atoms with van der Waals surface area (Å²) < 4.78 is 38.3. The molecule has 2 aromatic carbocycles. The second-order valence-electron chi connectivity index (χ2n) is 5.77. The Bertz CT molecular complexity index is 923. The minimum Gasteiger partial charge on any atom is -0.456 e. The Kier molecular flexibility index (Phi) is 5.21. The van der Waals surface area contributed by atoms with Crippen LogP contribution in [0.1, 0.15) is 5.56 Å². The van der Waals surface area contributed by atoms with Crippen molar-refractivity contribution in [1.29, 1.82) is 0 Å². The zero-order chi connectivity index (χ0) is 18.7. The van der Waals surface area contributed by atoms with E-state index in [0.29, 0.717) is 5.75 Å². The van der Waals surface area contributed by atoms with Crippen molar-refractivity contribution in [2.24, 2.45) is 0 Å². The molecule has 0 amide bonds. The summed E-state index contributed by atoms with van der Waals surface area (Å²) in [5.41, 5.74) is 0.509. The minimum absolute atomic E-state index is 0.0522. The normalized spacial score (nSPS) is 15.6. The Hall–Kier alpha value is -2.49. The van der Waals surface area contributed by atoms with E-state index in [2.05, 4.69) is 0 Å². The van der Waals surface area contributed by atoms with E-state index in [9.17, 15) is 18.5 Å². The summed E-state index contributed by atoms with van der Waals surface area (Å²) in [6.07, 6.45) is 0. The predicted octanol–water partition coefficient (Wildman–Crippen LogP) is 2.72. The molecule has 1 aliphatic heterocycles. The maximum atomic E-state index is 13.0. The molecule has 0 atom stereocenters. The van der Waals surface area contributed by atoms with Crippen LogP contribution < -0.4 is 4.74 Å². The second-order valence-corrected chi connectivity index (χ2v) is 7.68. The number of hydrogen-bond donors (Lipinski definition) is 0. The molecule has 1 fully saturated rings. The molecule has 1 heterocycles. The van der Waals surface area contributed by atoms with Gasteiger partial charge in [-0.15, -0.1) is 0 Å². The third-order valence-electron chi connectivity index (χ3n) is 4.04. The topological polar surface area (TPSA) is 99.0 Å². The highest BCUT2D eigenvalue weighted by atomic mass is 32.2. The van der Waals surface area contributed by atoms with Gasteiger partial charge >= 0.3 is 0 Å². The lowest BCUT2D eigenvalue weighted by Gasteiger charge is -2.26. The van der Waals surface area contributed by atoms with Crippen LogP contribution in [-0.2, 0) is 14.8 Å². The first-order chi connectivity index (χ1) is 12.4. The van der Waals surface area contributed by atoms with Crippen LogP contribution in [0.15, 0.2) is 47.4 Å². The number of nitrogens with zero attached hydrogens (tertiary/aromatic N) is 2. The molecule has 0 spiro atoms. The fourth-order valence-electron chi connectivity index (χ4n) is 2.61. The van der Waals surface area contributed by atoms with Crippen LogP contribution in [0.5, 0.6) is 11.5 Å². The van der Waals surface area contributed by atoms with E-state index in [0.717, 1.165) is 11.6 Å². The molecular formula is C17H18N2O6S. The molecule has 1 aliphatic rings. The quantitative estimate of drug-likeness (QED) is 0.586. The Morgan fingerprint density at radius 2 is 1.81 bits per heavy atom. The van der Waals surface area contributed by atoms with Gasteiger partial charge in [0.1, 0.15) is 16.4 Å². The molecule has 2 aromatic rings. The van der Waals surface area contributed by atoms with E-state index in [1.807, 2.05) is 19.1 Å². The zero-order valence-electron chi connectivity index (χ0n) is 14.1. The number of sulfonamides is 1. The molecule has 0 unspecified atom stereocenters. The summed E-state index contributed by atoms with van der Waals surface area (Å²) in [6.45, 7) is 2.77. The molecule has 8 nitrogen and oxygen atoms in total. The van der Waals surface area contributed by atoms with E-state index in [4.69, 9.17) is 9.47 Å². The summed E-state index contributed by atoms with van der Waals surface area (Å²) in [4.78, 5) is 10.3. The van der Waals surface area contributed by atoms with Gasteiger partial charge in [-0.05, 0) is 24.6 Å². The Morgan fingerprint density at radius 1 is 1.12 bits per heavy atom. The largest absolute Gasteiger partial charge is 0.456 e. The van der Waals surface area contributed by atoms with Crippen molar-refractivity contribution >= 4 is 15.7 Å². The molecule has 0 N–H and O–H groups in total. The van der Waals surface area contributed by atoms with E-state index in [-0.39, 0.29) is 42.6 Å². The number of aryl methyl sites for hydroxylation is 1. The molecule has 9 heteroatoms. The van der Waals surface area contributed by atoms with Crippen LogP contribution in [0.4, 0.5) is 5.69 Å². The summed E-state index contributed by atoms with van der Waals surface area (Å²) in [7, 11) is -3.96. The average molecular weight is 378 g/mol. The van der Waals surface area contributed by atoms with E-state index in [1.54, 1.807) is 12.1 Å². The Labute approximate surface area is 151 Å². The Morgan fingerprint density at radius 3 is 2.46 bits per heavy atom. The predicted molar refractivity (Wildman–Crippen MR) is 93.9 cm³/mol. The number of ether oxygens (including phenoxy) is 2. The van der Waals surface area contributed by atoms with Gasteiger partial charge < -0.3 is 9.47 Å². The summed E-state index contributed by atoms with van der Waals surface area (Å²) in [6, 6.07) is 10.7. The Balaban J connectivity index is 2.07. The molecule has 0 aromatic heterocycles. The maximum absolute atomic E-state index is 13.0. The molecule has 0 aliphatic carbocycles. The van der Waals surface area contributed by atoms with Crippen molar-refractivity contribution < 1.29 is 22.8 Å². The SMILES string of the molecule is Cc1ccccc1Oc1ccc([N+](=O)[O-])cc1S(=O)(=O)N1CCOCC1. The maximum Gasteiger partial charge on any atom is 0.271 e. The molecule has 0 bridgehead atoms. The van der Waals surface area contributed by atoms with Crippen molar-refractivity contribution in [2.75, 3.05) is 26.3 Å². The van der Waals surface area contributed by atoms with Gasteiger partial charge in [0.05, 0.1) is 18.1 Å². The highest BCUT2D eigenvalue weighted by Crippen LogP contribution is 2.35.